The summed E-state index contributed by atoms with van der Waals surface area (Å²) in [6.07, 6.45) is 1.67. The largest absolute Gasteiger partial charge is 0.340 e. The second-order valence-electron chi connectivity index (χ2n) is 8.42. The van der Waals surface area contributed by atoms with Crippen LogP contribution >= 0.6 is 11.3 Å². The van der Waals surface area contributed by atoms with Crippen molar-refractivity contribution in [3.63, 3.8) is 0 Å². The number of rotatable bonds is 6. The molecule has 2 saturated heterocycles. The van der Waals surface area contributed by atoms with Crippen LogP contribution in [0.5, 0.6) is 0 Å². The second-order valence-corrected chi connectivity index (χ2v) is 9.26. The first-order valence-corrected chi connectivity index (χ1v) is 11.9. The number of para-hydroxylation sites is 1. The van der Waals surface area contributed by atoms with E-state index in [1.54, 1.807) is 4.90 Å². The van der Waals surface area contributed by atoms with Crippen LogP contribution in [0.1, 0.15) is 29.7 Å². The Kier molecular flexibility index (Phi) is 6.86. The first-order chi connectivity index (χ1) is 15.4. The topological polar surface area (TPSA) is 85.9 Å². The van der Waals surface area contributed by atoms with Gasteiger partial charge in [0.15, 0.2) is 5.13 Å². The molecule has 4 rings (SSSR count). The van der Waals surface area contributed by atoms with E-state index >= 15 is 0 Å². The molecule has 9 heteroatoms. The van der Waals surface area contributed by atoms with Crippen molar-refractivity contribution in [3.05, 3.63) is 40.4 Å². The quantitative estimate of drug-likeness (QED) is 0.722. The summed E-state index contributed by atoms with van der Waals surface area (Å²) in [6, 6.07) is 5.96. The van der Waals surface area contributed by atoms with Gasteiger partial charge in [0.05, 0.1) is 18.7 Å². The molecule has 170 valence electrons. The molecule has 8 nitrogen and oxygen atoms in total. The van der Waals surface area contributed by atoms with Gasteiger partial charge in [-0.05, 0) is 31.4 Å². The van der Waals surface area contributed by atoms with E-state index in [9.17, 15) is 14.4 Å². The minimum atomic E-state index is -0.0337. The summed E-state index contributed by atoms with van der Waals surface area (Å²) in [7, 11) is 0. The van der Waals surface area contributed by atoms with E-state index in [-0.39, 0.29) is 24.1 Å². The lowest BCUT2D eigenvalue weighted by atomic mass is 10.1. The third-order valence-corrected chi connectivity index (χ3v) is 6.93. The Morgan fingerprint density at radius 1 is 1.09 bits per heavy atom. The molecule has 0 radical (unpaired) electrons. The zero-order chi connectivity index (χ0) is 22.7. The Morgan fingerprint density at radius 3 is 2.47 bits per heavy atom. The highest BCUT2D eigenvalue weighted by molar-refractivity contribution is 7.14. The maximum absolute atomic E-state index is 12.7. The maximum atomic E-state index is 12.7. The van der Waals surface area contributed by atoms with E-state index in [4.69, 9.17) is 0 Å². The van der Waals surface area contributed by atoms with Crippen LogP contribution in [0.15, 0.2) is 23.6 Å². The Balaban J connectivity index is 1.24. The molecule has 1 aromatic heterocycles. The van der Waals surface area contributed by atoms with Gasteiger partial charge in [-0.3, -0.25) is 24.2 Å². The number of nitrogens with one attached hydrogen (secondary N) is 1. The number of hydrogen-bond donors (Lipinski definition) is 1. The standard InChI is InChI=1S/C23H29N5O3S/c1-16-5-3-6-17(2)22(16)25-19(29)14-26-9-11-27(12-10-26)21(31)13-18-15-32-23(24-18)28-8-4-7-20(28)30/h3,5-6,15H,4,7-14H2,1-2H3,(H,25,29). The minimum absolute atomic E-state index is 0.0337. The number of thiazole rings is 1. The first-order valence-electron chi connectivity index (χ1n) is 11.0. The number of nitrogens with zero attached hydrogens (tertiary/aromatic N) is 4. The summed E-state index contributed by atoms with van der Waals surface area (Å²) in [5.41, 5.74) is 3.69. The summed E-state index contributed by atoms with van der Waals surface area (Å²) in [5.74, 6) is 0.109. The molecule has 1 aromatic carbocycles. The van der Waals surface area contributed by atoms with Crippen LogP contribution in [0.2, 0.25) is 0 Å². The Labute approximate surface area is 192 Å². The molecule has 0 spiro atoms. The Morgan fingerprint density at radius 2 is 1.81 bits per heavy atom. The Hall–Kier alpha value is -2.78. The number of anilines is 2. The molecule has 0 bridgehead atoms. The van der Waals surface area contributed by atoms with Gasteiger partial charge in [0.2, 0.25) is 17.7 Å². The van der Waals surface area contributed by atoms with Crippen LogP contribution in [0.3, 0.4) is 0 Å². The second kappa shape index (κ2) is 9.79. The van der Waals surface area contributed by atoms with Crippen LogP contribution < -0.4 is 10.2 Å². The van der Waals surface area contributed by atoms with Gasteiger partial charge in [-0.2, -0.15) is 0 Å². The van der Waals surface area contributed by atoms with Crippen molar-refractivity contribution in [2.24, 2.45) is 0 Å². The average Bonchev–Trinajstić information content (AvgIpc) is 3.40. The van der Waals surface area contributed by atoms with Gasteiger partial charge in [0.25, 0.3) is 0 Å². The highest BCUT2D eigenvalue weighted by Gasteiger charge is 2.26. The minimum Gasteiger partial charge on any atom is -0.340 e. The molecule has 2 aliphatic heterocycles. The van der Waals surface area contributed by atoms with Crippen molar-refractivity contribution < 1.29 is 14.4 Å². The molecule has 2 aliphatic rings. The van der Waals surface area contributed by atoms with E-state index < -0.39 is 0 Å². The van der Waals surface area contributed by atoms with Gasteiger partial charge in [-0.1, -0.05) is 18.2 Å². The molecule has 2 fully saturated rings. The molecule has 3 amide bonds. The fourth-order valence-corrected chi connectivity index (χ4v) is 5.04. The molecule has 0 saturated carbocycles. The van der Waals surface area contributed by atoms with Crippen LogP contribution in [-0.4, -0.2) is 71.8 Å². The van der Waals surface area contributed by atoms with Crippen molar-refractivity contribution >= 4 is 39.9 Å². The molecule has 0 atom stereocenters. The van der Waals surface area contributed by atoms with E-state index in [1.165, 1.54) is 11.3 Å². The number of aromatic nitrogens is 1. The van der Waals surface area contributed by atoms with Crippen molar-refractivity contribution in [2.75, 3.05) is 49.5 Å². The number of amides is 3. The van der Waals surface area contributed by atoms with Gasteiger partial charge in [0.1, 0.15) is 0 Å². The molecular weight excluding hydrogens is 426 g/mol. The van der Waals surface area contributed by atoms with Crippen LogP contribution in [-0.2, 0) is 20.8 Å². The summed E-state index contributed by atoms with van der Waals surface area (Å²) < 4.78 is 0. The molecule has 32 heavy (non-hydrogen) atoms. The van der Waals surface area contributed by atoms with E-state index in [2.05, 4.69) is 15.2 Å². The van der Waals surface area contributed by atoms with Crippen molar-refractivity contribution in [1.82, 2.24) is 14.8 Å². The van der Waals surface area contributed by atoms with Crippen LogP contribution in [0.25, 0.3) is 0 Å². The van der Waals surface area contributed by atoms with Gasteiger partial charge in [-0.15, -0.1) is 11.3 Å². The van der Waals surface area contributed by atoms with Crippen molar-refractivity contribution in [2.45, 2.75) is 33.1 Å². The summed E-state index contributed by atoms with van der Waals surface area (Å²) >= 11 is 1.42. The number of benzene rings is 1. The van der Waals surface area contributed by atoms with E-state index in [0.717, 1.165) is 23.2 Å². The summed E-state index contributed by atoms with van der Waals surface area (Å²) in [6.45, 7) is 7.51. The Bertz CT molecular complexity index is 993. The van der Waals surface area contributed by atoms with Gasteiger partial charge < -0.3 is 10.2 Å². The zero-order valence-corrected chi connectivity index (χ0v) is 19.4. The lowest BCUT2D eigenvalue weighted by Crippen LogP contribution is -2.50. The van der Waals surface area contributed by atoms with E-state index in [0.29, 0.717) is 56.5 Å². The molecule has 2 aromatic rings. The number of piperazine rings is 1. The van der Waals surface area contributed by atoms with Crippen LogP contribution in [0, 0.1) is 13.8 Å². The third kappa shape index (κ3) is 5.16. The van der Waals surface area contributed by atoms with Crippen molar-refractivity contribution in [3.8, 4) is 0 Å². The molecule has 0 aliphatic carbocycles. The zero-order valence-electron chi connectivity index (χ0n) is 18.6. The number of carbonyl (C=O) groups excluding carboxylic acids is 3. The van der Waals surface area contributed by atoms with Gasteiger partial charge >= 0.3 is 0 Å². The highest BCUT2D eigenvalue weighted by atomic mass is 32.1. The van der Waals surface area contributed by atoms with Gasteiger partial charge in [0, 0.05) is 50.2 Å². The number of hydrogen-bond acceptors (Lipinski definition) is 6. The average molecular weight is 456 g/mol. The smallest absolute Gasteiger partial charge is 0.238 e. The third-order valence-electron chi connectivity index (χ3n) is 6.01. The molecule has 0 unspecified atom stereocenters. The predicted octanol–water partition coefficient (Wildman–Crippen LogP) is 2.21. The maximum Gasteiger partial charge on any atom is 0.238 e. The molecule has 1 N–H and O–H groups in total. The highest BCUT2D eigenvalue weighted by Crippen LogP contribution is 2.25. The normalized spacial score (nSPS) is 17.1. The molecule has 3 heterocycles. The lowest BCUT2D eigenvalue weighted by Gasteiger charge is -2.34. The van der Waals surface area contributed by atoms with Crippen LogP contribution in [0.4, 0.5) is 10.8 Å². The fourth-order valence-electron chi connectivity index (χ4n) is 4.17. The monoisotopic (exact) mass is 455 g/mol. The lowest BCUT2D eigenvalue weighted by molar-refractivity contribution is -0.132. The molecular formula is C23H29N5O3S. The SMILES string of the molecule is Cc1cccc(C)c1NC(=O)CN1CCN(C(=O)Cc2csc(N3CCCC3=O)n2)CC1. The summed E-state index contributed by atoms with van der Waals surface area (Å²) in [5, 5.41) is 5.58. The van der Waals surface area contributed by atoms with Crippen molar-refractivity contribution in [1.29, 1.82) is 0 Å². The number of carbonyl (C=O) groups is 3. The predicted molar refractivity (Wildman–Crippen MR) is 125 cm³/mol. The van der Waals surface area contributed by atoms with Gasteiger partial charge in [-0.25, -0.2) is 4.98 Å². The fraction of sp³-hybridized carbons (Fsp3) is 0.478. The van der Waals surface area contributed by atoms with E-state index in [1.807, 2.05) is 42.3 Å². The summed E-state index contributed by atoms with van der Waals surface area (Å²) in [4.78, 5) is 47.2. The number of aryl methyl sites for hydroxylation is 2. The first kappa shape index (κ1) is 22.4.